The van der Waals surface area contributed by atoms with Crippen molar-refractivity contribution in [1.82, 2.24) is 10.1 Å². The van der Waals surface area contributed by atoms with E-state index >= 15 is 0 Å². The molecule has 0 aliphatic rings. The van der Waals surface area contributed by atoms with Crippen molar-refractivity contribution in [2.45, 2.75) is 0 Å². The van der Waals surface area contributed by atoms with Crippen LogP contribution in [-0.2, 0) is 4.74 Å². The minimum atomic E-state index is 0.517. The molecule has 0 unspecified atom stereocenters. The molecular weight excluding hydrogens is 192 g/mol. The molecule has 0 fully saturated rings. The van der Waals surface area contributed by atoms with Crippen LogP contribution in [0.5, 0.6) is 0 Å². The highest BCUT2D eigenvalue weighted by atomic mass is 16.5. The molecule has 2 rings (SSSR count). The normalized spacial score (nSPS) is 11.4. The van der Waals surface area contributed by atoms with Crippen molar-refractivity contribution in [2.75, 3.05) is 7.11 Å². The highest BCUT2D eigenvalue weighted by Gasteiger charge is 2.09. The van der Waals surface area contributed by atoms with Gasteiger partial charge in [0.25, 0.3) is 0 Å². The van der Waals surface area contributed by atoms with Crippen LogP contribution >= 0.6 is 0 Å². The van der Waals surface area contributed by atoms with Gasteiger partial charge < -0.3 is 9.26 Å². The number of rotatable bonds is 3. The first kappa shape index (κ1) is 9.45. The van der Waals surface area contributed by atoms with E-state index in [-0.39, 0.29) is 0 Å². The number of ether oxygens (including phenoxy) is 1. The van der Waals surface area contributed by atoms with Gasteiger partial charge in [0.15, 0.2) is 0 Å². The number of hydrogen-bond acceptors (Lipinski definition) is 4. The molecule has 1 heterocycles. The summed E-state index contributed by atoms with van der Waals surface area (Å²) in [6.07, 6.45) is 2.89. The summed E-state index contributed by atoms with van der Waals surface area (Å²) in [6, 6.07) is 9.75. The van der Waals surface area contributed by atoms with Gasteiger partial charge in [-0.15, -0.1) is 0 Å². The third kappa shape index (κ3) is 2.04. The van der Waals surface area contributed by atoms with Gasteiger partial charge in [-0.25, -0.2) is 0 Å². The summed E-state index contributed by atoms with van der Waals surface area (Å²) >= 11 is 0. The van der Waals surface area contributed by atoms with Gasteiger partial charge in [-0.3, -0.25) is 0 Å². The predicted octanol–water partition coefficient (Wildman–Crippen LogP) is 2.11. The molecule has 4 nitrogen and oxygen atoms in total. The van der Waals surface area contributed by atoms with Crippen LogP contribution < -0.4 is 0 Å². The topological polar surface area (TPSA) is 48.2 Å². The van der Waals surface area contributed by atoms with Crippen molar-refractivity contribution in [3.63, 3.8) is 0 Å². The van der Waals surface area contributed by atoms with E-state index in [1.54, 1.807) is 13.4 Å². The maximum absolute atomic E-state index is 5.00. The quantitative estimate of drug-likeness (QED) is 0.715. The Morgan fingerprint density at radius 1 is 1.33 bits per heavy atom. The molecular formula is C11H10N2O2. The molecule has 0 aliphatic carbocycles. The summed E-state index contributed by atoms with van der Waals surface area (Å²) in [5, 5.41) is 3.78. The van der Waals surface area contributed by atoms with Crippen molar-refractivity contribution in [3.05, 3.63) is 54.4 Å². The molecule has 0 radical (unpaired) electrons. The Morgan fingerprint density at radius 3 is 2.73 bits per heavy atom. The fourth-order valence-electron chi connectivity index (χ4n) is 1.27. The van der Waals surface area contributed by atoms with E-state index in [0.29, 0.717) is 5.82 Å². The number of nitrogens with zero attached hydrogens (tertiary/aromatic N) is 2. The molecule has 1 aromatic heterocycles. The second kappa shape index (κ2) is 4.41. The Bertz CT molecular complexity index is 435. The largest absolute Gasteiger partial charge is 0.504 e. The lowest BCUT2D eigenvalue weighted by Gasteiger charge is -2.01. The summed E-state index contributed by atoms with van der Waals surface area (Å²) in [7, 11) is 1.59. The Morgan fingerprint density at radius 2 is 2.13 bits per heavy atom. The van der Waals surface area contributed by atoms with Crippen LogP contribution in [0, 0.1) is 0 Å². The fourth-order valence-corrected chi connectivity index (χ4v) is 1.27. The lowest BCUT2D eigenvalue weighted by atomic mass is 10.1. The standard InChI is InChI=1S/C11H10N2O2/c1-14-7-10(11-12-8-15-13-11)9-5-3-2-4-6-9/h2-8H,1H3. The van der Waals surface area contributed by atoms with Crippen molar-refractivity contribution < 1.29 is 9.26 Å². The van der Waals surface area contributed by atoms with Gasteiger partial charge in [0.1, 0.15) is 0 Å². The average Bonchev–Trinajstić information content (AvgIpc) is 2.80. The fraction of sp³-hybridized carbons (Fsp3) is 0.0909. The highest BCUT2D eigenvalue weighted by molar-refractivity contribution is 5.74. The minimum absolute atomic E-state index is 0.517. The van der Waals surface area contributed by atoms with Gasteiger partial charge in [-0.05, 0) is 5.56 Å². The van der Waals surface area contributed by atoms with Crippen LogP contribution in [0.25, 0.3) is 5.57 Å². The van der Waals surface area contributed by atoms with Crippen molar-refractivity contribution in [3.8, 4) is 0 Å². The van der Waals surface area contributed by atoms with Gasteiger partial charge in [0, 0.05) is 0 Å². The molecule has 0 spiro atoms. The maximum atomic E-state index is 5.00. The van der Waals surface area contributed by atoms with Crippen LogP contribution in [0.3, 0.4) is 0 Å². The molecule has 76 valence electrons. The monoisotopic (exact) mass is 202 g/mol. The summed E-state index contributed by atoms with van der Waals surface area (Å²) in [5.74, 6) is 0.517. The lowest BCUT2D eigenvalue weighted by Crippen LogP contribution is -1.91. The van der Waals surface area contributed by atoms with Crippen molar-refractivity contribution in [2.24, 2.45) is 0 Å². The third-order valence-electron chi connectivity index (χ3n) is 1.92. The van der Waals surface area contributed by atoms with Crippen LogP contribution in [0.4, 0.5) is 0 Å². The first-order valence-corrected chi connectivity index (χ1v) is 4.47. The zero-order valence-corrected chi connectivity index (χ0v) is 8.25. The molecule has 0 bridgehead atoms. The zero-order valence-electron chi connectivity index (χ0n) is 8.25. The van der Waals surface area contributed by atoms with Gasteiger partial charge in [0.2, 0.25) is 12.2 Å². The Labute approximate surface area is 87.2 Å². The van der Waals surface area contributed by atoms with E-state index in [4.69, 9.17) is 9.26 Å². The Kier molecular flexibility index (Phi) is 2.78. The average molecular weight is 202 g/mol. The van der Waals surface area contributed by atoms with Crippen molar-refractivity contribution in [1.29, 1.82) is 0 Å². The SMILES string of the molecule is COC=C(c1ccccc1)c1ncon1. The van der Waals surface area contributed by atoms with Crippen LogP contribution in [0.2, 0.25) is 0 Å². The Hall–Kier alpha value is -2.10. The number of aromatic nitrogens is 2. The maximum Gasteiger partial charge on any atom is 0.214 e. The van der Waals surface area contributed by atoms with E-state index in [2.05, 4.69) is 10.1 Å². The Balaban J connectivity index is 2.42. The van der Waals surface area contributed by atoms with Gasteiger partial charge in [0.05, 0.1) is 18.9 Å². The van der Waals surface area contributed by atoms with Gasteiger partial charge in [-0.1, -0.05) is 35.5 Å². The first-order chi connectivity index (χ1) is 7.42. The molecule has 0 amide bonds. The summed E-state index contributed by atoms with van der Waals surface area (Å²) in [5.41, 5.74) is 1.78. The summed E-state index contributed by atoms with van der Waals surface area (Å²) in [4.78, 5) is 3.99. The zero-order chi connectivity index (χ0) is 10.5. The summed E-state index contributed by atoms with van der Waals surface area (Å²) in [6.45, 7) is 0. The van der Waals surface area contributed by atoms with Gasteiger partial charge >= 0.3 is 0 Å². The lowest BCUT2D eigenvalue weighted by molar-refractivity contribution is 0.339. The smallest absolute Gasteiger partial charge is 0.214 e. The molecule has 0 saturated heterocycles. The third-order valence-corrected chi connectivity index (χ3v) is 1.92. The second-order valence-corrected chi connectivity index (χ2v) is 2.89. The minimum Gasteiger partial charge on any atom is -0.504 e. The molecule has 2 aromatic rings. The highest BCUT2D eigenvalue weighted by Crippen LogP contribution is 2.19. The molecule has 4 heteroatoms. The molecule has 0 aliphatic heterocycles. The van der Waals surface area contributed by atoms with Crippen molar-refractivity contribution >= 4 is 5.57 Å². The van der Waals surface area contributed by atoms with Crippen LogP contribution in [0.1, 0.15) is 11.4 Å². The molecule has 1 aromatic carbocycles. The van der Waals surface area contributed by atoms with E-state index in [0.717, 1.165) is 11.1 Å². The molecule has 0 saturated carbocycles. The first-order valence-electron chi connectivity index (χ1n) is 4.47. The van der Waals surface area contributed by atoms with Gasteiger partial charge in [-0.2, -0.15) is 4.98 Å². The molecule has 15 heavy (non-hydrogen) atoms. The summed E-state index contributed by atoms with van der Waals surface area (Å²) < 4.78 is 9.70. The van der Waals surface area contributed by atoms with Crippen LogP contribution in [-0.4, -0.2) is 17.3 Å². The number of benzene rings is 1. The van der Waals surface area contributed by atoms with E-state index in [1.165, 1.54) is 6.39 Å². The predicted molar refractivity (Wildman–Crippen MR) is 54.8 cm³/mol. The molecule has 0 N–H and O–H groups in total. The van der Waals surface area contributed by atoms with E-state index < -0.39 is 0 Å². The number of hydrogen-bond donors (Lipinski definition) is 0. The molecule has 0 atom stereocenters. The van der Waals surface area contributed by atoms with E-state index in [9.17, 15) is 0 Å². The van der Waals surface area contributed by atoms with E-state index in [1.807, 2.05) is 30.3 Å². The number of methoxy groups -OCH3 is 1. The second-order valence-electron chi connectivity index (χ2n) is 2.89. The van der Waals surface area contributed by atoms with Crippen LogP contribution in [0.15, 0.2) is 47.5 Å².